The van der Waals surface area contributed by atoms with E-state index in [1.165, 1.54) is 0 Å². The lowest BCUT2D eigenvalue weighted by Crippen LogP contribution is -2.50. The van der Waals surface area contributed by atoms with Crippen LogP contribution in [0.4, 0.5) is 5.69 Å². The molecule has 1 fully saturated rings. The van der Waals surface area contributed by atoms with Gasteiger partial charge in [-0.15, -0.1) is 0 Å². The van der Waals surface area contributed by atoms with Gasteiger partial charge in [0.15, 0.2) is 6.61 Å². The summed E-state index contributed by atoms with van der Waals surface area (Å²) in [4.78, 5) is 27.3. The molecular weight excluding hydrogens is 366 g/mol. The minimum absolute atomic E-state index is 0.0126. The third-order valence-corrected chi connectivity index (χ3v) is 4.81. The lowest BCUT2D eigenvalue weighted by molar-refractivity contribution is -0.133. The van der Waals surface area contributed by atoms with Crippen molar-refractivity contribution in [2.75, 3.05) is 37.7 Å². The summed E-state index contributed by atoms with van der Waals surface area (Å²) in [7, 11) is 0. The molecule has 2 N–H and O–H groups in total. The summed E-state index contributed by atoms with van der Waals surface area (Å²) in [5.41, 5.74) is 6.98. The highest BCUT2D eigenvalue weighted by Gasteiger charge is 2.22. The Morgan fingerprint density at radius 2 is 1.67 bits per heavy atom. The second-order valence-electron chi connectivity index (χ2n) is 6.39. The fourth-order valence-electron chi connectivity index (χ4n) is 3.05. The van der Waals surface area contributed by atoms with E-state index >= 15 is 0 Å². The fraction of sp³-hybridized carbons (Fsp3) is 0.300. The van der Waals surface area contributed by atoms with Gasteiger partial charge < -0.3 is 20.3 Å². The van der Waals surface area contributed by atoms with E-state index in [0.717, 1.165) is 29.4 Å². The summed E-state index contributed by atoms with van der Waals surface area (Å²) in [5, 5.41) is 0.723. The molecule has 142 valence electrons. The number of para-hydroxylation sites is 1. The Balaban J connectivity index is 1.47. The molecule has 0 spiro atoms. The molecule has 0 atom stereocenters. The summed E-state index contributed by atoms with van der Waals surface area (Å²) in [5.74, 6) is 0.163. The van der Waals surface area contributed by atoms with Gasteiger partial charge in [0, 0.05) is 26.2 Å². The maximum absolute atomic E-state index is 12.4. The number of nitrogens with zero attached hydrogens (tertiary/aromatic N) is 2. The van der Waals surface area contributed by atoms with Crippen LogP contribution in [-0.2, 0) is 16.0 Å². The summed E-state index contributed by atoms with van der Waals surface area (Å²) >= 11 is 6.25. The number of piperazine rings is 1. The second-order valence-corrected chi connectivity index (χ2v) is 6.80. The molecule has 0 aliphatic carbocycles. The molecule has 7 heteroatoms. The zero-order chi connectivity index (χ0) is 19.2. The Hall–Kier alpha value is -2.73. The topological polar surface area (TPSA) is 75.9 Å². The van der Waals surface area contributed by atoms with E-state index in [4.69, 9.17) is 22.1 Å². The van der Waals surface area contributed by atoms with Gasteiger partial charge in [0.25, 0.3) is 5.91 Å². The van der Waals surface area contributed by atoms with E-state index < -0.39 is 0 Å². The number of benzene rings is 2. The van der Waals surface area contributed by atoms with Crippen molar-refractivity contribution in [3.05, 3.63) is 59.1 Å². The minimum Gasteiger partial charge on any atom is -0.484 e. The van der Waals surface area contributed by atoms with Gasteiger partial charge in [0.05, 0.1) is 17.1 Å². The maximum Gasteiger partial charge on any atom is 0.260 e. The maximum atomic E-state index is 12.4. The van der Waals surface area contributed by atoms with Crippen molar-refractivity contribution in [2.24, 2.45) is 5.73 Å². The number of halogens is 1. The molecule has 2 aromatic carbocycles. The summed E-state index contributed by atoms with van der Waals surface area (Å²) in [6.07, 6.45) is 0.189. The molecule has 6 nitrogen and oxygen atoms in total. The summed E-state index contributed by atoms with van der Waals surface area (Å²) in [6.45, 7) is 2.71. The number of nitrogens with two attached hydrogens (primary N) is 1. The Kier molecular flexibility index (Phi) is 6.19. The molecule has 0 saturated carbocycles. The van der Waals surface area contributed by atoms with E-state index in [1.807, 2.05) is 24.3 Å². The van der Waals surface area contributed by atoms with E-state index in [-0.39, 0.29) is 24.8 Å². The quantitative estimate of drug-likeness (QED) is 0.823. The zero-order valence-corrected chi connectivity index (χ0v) is 15.7. The molecule has 27 heavy (non-hydrogen) atoms. The molecule has 1 aliphatic rings. The molecule has 3 rings (SSSR count). The highest BCUT2D eigenvalue weighted by molar-refractivity contribution is 6.33. The molecule has 0 bridgehead atoms. The molecule has 1 saturated heterocycles. The van der Waals surface area contributed by atoms with Crippen LogP contribution in [0.5, 0.6) is 5.75 Å². The van der Waals surface area contributed by atoms with E-state index in [0.29, 0.717) is 18.8 Å². The Labute approximate surface area is 163 Å². The third-order valence-electron chi connectivity index (χ3n) is 4.49. The van der Waals surface area contributed by atoms with Crippen LogP contribution in [0.3, 0.4) is 0 Å². The molecule has 1 aliphatic heterocycles. The largest absolute Gasteiger partial charge is 0.484 e. The average Bonchev–Trinajstić information content (AvgIpc) is 2.67. The second kappa shape index (κ2) is 8.77. The van der Waals surface area contributed by atoms with E-state index in [9.17, 15) is 9.59 Å². The first kappa shape index (κ1) is 19.0. The predicted molar refractivity (Wildman–Crippen MR) is 105 cm³/mol. The molecule has 0 aromatic heterocycles. The number of carbonyl (C=O) groups excluding carboxylic acids is 2. The average molecular weight is 388 g/mol. The van der Waals surface area contributed by atoms with Gasteiger partial charge in [-0.25, -0.2) is 0 Å². The van der Waals surface area contributed by atoms with Crippen LogP contribution in [0.15, 0.2) is 48.5 Å². The first-order chi connectivity index (χ1) is 13.0. The smallest absolute Gasteiger partial charge is 0.260 e. The van der Waals surface area contributed by atoms with Gasteiger partial charge in [-0.1, -0.05) is 35.9 Å². The SMILES string of the molecule is NC(=O)Cc1ccc(OCC(=O)N2CCN(c3ccccc3Cl)CC2)cc1. The van der Waals surface area contributed by atoms with Crippen molar-refractivity contribution in [1.82, 2.24) is 4.90 Å². The number of carbonyl (C=O) groups is 2. The zero-order valence-electron chi connectivity index (χ0n) is 14.9. The summed E-state index contributed by atoms with van der Waals surface area (Å²) in [6, 6.07) is 14.7. The van der Waals surface area contributed by atoms with Crippen LogP contribution in [0.1, 0.15) is 5.56 Å². The first-order valence-electron chi connectivity index (χ1n) is 8.80. The number of ether oxygens (including phenoxy) is 1. The molecule has 2 aromatic rings. The Bertz CT molecular complexity index is 802. The third kappa shape index (κ3) is 5.14. The van der Waals surface area contributed by atoms with Crippen molar-refractivity contribution in [2.45, 2.75) is 6.42 Å². The van der Waals surface area contributed by atoms with Gasteiger partial charge >= 0.3 is 0 Å². The lowest BCUT2D eigenvalue weighted by Gasteiger charge is -2.36. The van der Waals surface area contributed by atoms with Crippen LogP contribution in [0.2, 0.25) is 5.02 Å². The van der Waals surface area contributed by atoms with Crippen molar-refractivity contribution >= 4 is 29.1 Å². The normalized spacial score (nSPS) is 14.1. The molecular formula is C20H22ClN3O3. The number of anilines is 1. The van der Waals surface area contributed by atoms with E-state index in [2.05, 4.69) is 4.90 Å². The first-order valence-corrected chi connectivity index (χ1v) is 9.18. The summed E-state index contributed by atoms with van der Waals surface area (Å²) < 4.78 is 5.57. The lowest BCUT2D eigenvalue weighted by atomic mass is 10.1. The van der Waals surface area contributed by atoms with Crippen molar-refractivity contribution < 1.29 is 14.3 Å². The number of hydrogen-bond donors (Lipinski definition) is 1. The molecule has 0 unspecified atom stereocenters. The minimum atomic E-state index is -0.380. The van der Waals surface area contributed by atoms with Crippen molar-refractivity contribution in [1.29, 1.82) is 0 Å². The van der Waals surface area contributed by atoms with Gasteiger partial charge in [0.1, 0.15) is 5.75 Å². The van der Waals surface area contributed by atoms with Gasteiger partial charge in [-0.3, -0.25) is 9.59 Å². The number of amides is 2. The van der Waals surface area contributed by atoms with Crippen molar-refractivity contribution in [3.8, 4) is 5.75 Å². The number of primary amides is 1. The van der Waals surface area contributed by atoms with Gasteiger partial charge in [-0.2, -0.15) is 0 Å². The van der Waals surface area contributed by atoms with Gasteiger partial charge in [0.2, 0.25) is 5.91 Å². The molecule has 2 amide bonds. The fourth-order valence-corrected chi connectivity index (χ4v) is 3.30. The van der Waals surface area contributed by atoms with Crippen LogP contribution in [0.25, 0.3) is 0 Å². The van der Waals surface area contributed by atoms with Crippen LogP contribution < -0.4 is 15.4 Å². The highest BCUT2D eigenvalue weighted by atomic mass is 35.5. The number of hydrogen-bond acceptors (Lipinski definition) is 4. The monoisotopic (exact) mass is 387 g/mol. The van der Waals surface area contributed by atoms with Crippen molar-refractivity contribution in [3.63, 3.8) is 0 Å². The molecule has 0 radical (unpaired) electrons. The van der Waals surface area contributed by atoms with E-state index in [1.54, 1.807) is 29.2 Å². The number of rotatable bonds is 6. The van der Waals surface area contributed by atoms with Crippen LogP contribution in [0, 0.1) is 0 Å². The molecule has 1 heterocycles. The predicted octanol–water partition coefficient (Wildman–Crippen LogP) is 2.10. The van der Waals surface area contributed by atoms with Gasteiger partial charge in [-0.05, 0) is 29.8 Å². The Morgan fingerprint density at radius 3 is 2.30 bits per heavy atom. The van der Waals surface area contributed by atoms with Crippen LogP contribution in [-0.4, -0.2) is 49.5 Å². The Morgan fingerprint density at radius 1 is 1.00 bits per heavy atom. The standard InChI is InChI=1S/C20H22ClN3O3/c21-17-3-1-2-4-18(17)23-9-11-24(12-10-23)20(26)14-27-16-7-5-15(6-8-16)13-19(22)25/h1-8H,9-14H2,(H2,22,25). The highest BCUT2D eigenvalue weighted by Crippen LogP contribution is 2.26. The van der Waals surface area contributed by atoms with Crippen LogP contribution >= 0.6 is 11.6 Å².